The predicted octanol–water partition coefficient (Wildman–Crippen LogP) is 1.84. The third kappa shape index (κ3) is 3.56. The highest BCUT2D eigenvalue weighted by Gasteiger charge is 2.30. The van der Waals surface area contributed by atoms with Crippen LogP contribution in [-0.2, 0) is 6.54 Å². The topological polar surface area (TPSA) is 71.1 Å². The first-order valence-corrected chi connectivity index (χ1v) is 7.27. The fourth-order valence-electron chi connectivity index (χ4n) is 2.47. The molecule has 1 aromatic rings. The van der Waals surface area contributed by atoms with Gasteiger partial charge in [0.1, 0.15) is 0 Å². The van der Waals surface area contributed by atoms with E-state index in [0.29, 0.717) is 31.1 Å². The van der Waals surface area contributed by atoms with Crippen LogP contribution in [0.5, 0.6) is 11.5 Å². The monoisotopic (exact) mass is 319 g/mol. The Labute approximate surface area is 135 Å². The molecule has 1 heterocycles. The number of methoxy groups -OCH3 is 2. The molecule has 0 aromatic heterocycles. The van der Waals surface area contributed by atoms with Gasteiger partial charge in [-0.25, -0.2) is 14.5 Å². The van der Waals surface area contributed by atoms with Crippen LogP contribution in [0.3, 0.4) is 0 Å². The SMILES string of the molecule is C=CCN(Cc1cccc(OC)c1OC)C(=O)N1CCNC1=O. The van der Waals surface area contributed by atoms with Crippen molar-refractivity contribution < 1.29 is 19.1 Å². The number of rotatable bonds is 6. The summed E-state index contributed by atoms with van der Waals surface area (Å²) in [6.45, 7) is 5.12. The third-order valence-electron chi connectivity index (χ3n) is 3.55. The summed E-state index contributed by atoms with van der Waals surface area (Å²) >= 11 is 0. The number of nitrogens with zero attached hydrogens (tertiary/aromatic N) is 2. The highest BCUT2D eigenvalue weighted by molar-refractivity contribution is 5.95. The smallest absolute Gasteiger partial charge is 0.328 e. The van der Waals surface area contributed by atoms with E-state index >= 15 is 0 Å². The van der Waals surface area contributed by atoms with Gasteiger partial charge in [-0.05, 0) is 6.07 Å². The minimum atomic E-state index is -0.373. The second-order valence-electron chi connectivity index (χ2n) is 4.99. The van der Waals surface area contributed by atoms with Crippen molar-refractivity contribution in [3.05, 3.63) is 36.4 Å². The molecule has 0 unspecified atom stereocenters. The van der Waals surface area contributed by atoms with Crippen molar-refractivity contribution in [3.63, 3.8) is 0 Å². The summed E-state index contributed by atoms with van der Waals surface area (Å²) in [4.78, 5) is 27.0. The highest BCUT2D eigenvalue weighted by atomic mass is 16.5. The van der Waals surface area contributed by atoms with Gasteiger partial charge in [-0.2, -0.15) is 0 Å². The molecular weight excluding hydrogens is 298 g/mol. The Morgan fingerprint density at radius 3 is 2.78 bits per heavy atom. The molecule has 0 spiro atoms. The lowest BCUT2D eigenvalue weighted by Crippen LogP contribution is -2.44. The van der Waals surface area contributed by atoms with Crippen molar-refractivity contribution in [1.29, 1.82) is 0 Å². The van der Waals surface area contributed by atoms with E-state index in [1.54, 1.807) is 26.4 Å². The molecule has 23 heavy (non-hydrogen) atoms. The number of para-hydroxylation sites is 1. The van der Waals surface area contributed by atoms with Gasteiger partial charge >= 0.3 is 12.1 Å². The van der Waals surface area contributed by atoms with Crippen molar-refractivity contribution in [2.24, 2.45) is 0 Å². The van der Waals surface area contributed by atoms with E-state index in [0.717, 1.165) is 5.56 Å². The molecule has 0 saturated carbocycles. The minimum Gasteiger partial charge on any atom is -0.493 e. The summed E-state index contributed by atoms with van der Waals surface area (Å²) < 4.78 is 10.7. The fourth-order valence-corrected chi connectivity index (χ4v) is 2.47. The van der Waals surface area contributed by atoms with Crippen LogP contribution in [-0.4, -0.2) is 55.7 Å². The zero-order valence-electron chi connectivity index (χ0n) is 13.4. The number of carbonyl (C=O) groups is 2. The minimum absolute atomic E-state index is 0.287. The number of hydrogen-bond acceptors (Lipinski definition) is 4. The number of hydrogen-bond donors (Lipinski definition) is 1. The van der Waals surface area contributed by atoms with Crippen molar-refractivity contribution in [3.8, 4) is 11.5 Å². The molecule has 2 rings (SSSR count). The van der Waals surface area contributed by atoms with Gasteiger partial charge in [0.05, 0.1) is 20.8 Å². The molecule has 7 nitrogen and oxygen atoms in total. The Balaban J connectivity index is 2.24. The van der Waals surface area contributed by atoms with Crippen LogP contribution in [0.4, 0.5) is 9.59 Å². The molecule has 0 bridgehead atoms. The van der Waals surface area contributed by atoms with Gasteiger partial charge in [0.25, 0.3) is 0 Å². The van der Waals surface area contributed by atoms with Crippen molar-refractivity contribution in [1.82, 2.24) is 15.1 Å². The lowest BCUT2D eigenvalue weighted by atomic mass is 10.1. The van der Waals surface area contributed by atoms with Gasteiger partial charge in [-0.3, -0.25) is 0 Å². The third-order valence-corrected chi connectivity index (χ3v) is 3.55. The van der Waals surface area contributed by atoms with E-state index in [4.69, 9.17) is 9.47 Å². The normalized spacial score (nSPS) is 13.5. The van der Waals surface area contributed by atoms with E-state index in [2.05, 4.69) is 11.9 Å². The second kappa shape index (κ2) is 7.53. The number of amides is 4. The standard InChI is InChI=1S/C16H21N3O4/c1-4-9-18(16(21)19-10-8-17-15(19)20)11-12-6-5-7-13(22-2)14(12)23-3/h4-7H,1,8-11H2,2-3H3,(H,17,20). The maximum absolute atomic E-state index is 12.6. The van der Waals surface area contributed by atoms with E-state index < -0.39 is 0 Å². The molecule has 1 aliphatic heterocycles. The summed E-state index contributed by atoms with van der Waals surface area (Å²) in [5.41, 5.74) is 0.793. The molecule has 7 heteroatoms. The van der Waals surface area contributed by atoms with E-state index in [1.807, 2.05) is 12.1 Å². The molecule has 0 atom stereocenters. The molecular formula is C16H21N3O4. The van der Waals surface area contributed by atoms with Crippen LogP contribution in [0.1, 0.15) is 5.56 Å². The summed E-state index contributed by atoms with van der Waals surface area (Å²) in [7, 11) is 3.11. The number of nitrogens with one attached hydrogen (secondary N) is 1. The summed E-state index contributed by atoms with van der Waals surface area (Å²) in [5, 5.41) is 2.62. The molecule has 1 aliphatic rings. The van der Waals surface area contributed by atoms with E-state index in [9.17, 15) is 9.59 Å². The van der Waals surface area contributed by atoms with Gasteiger partial charge < -0.3 is 19.7 Å². The van der Waals surface area contributed by atoms with E-state index in [-0.39, 0.29) is 18.6 Å². The first-order valence-electron chi connectivity index (χ1n) is 7.27. The zero-order valence-corrected chi connectivity index (χ0v) is 13.4. The average Bonchev–Trinajstić information content (AvgIpc) is 2.99. The second-order valence-corrected chi connectivity index (χ2v) is 4.99. The van der Waals surface area contributed by atoms with Crippen molar-refractivity contribution in [2.45, 2.75) is 6.54 Å². The molecule has 0 aliphatic carbocycles. The predicted molar refractivity (Wildman–Crippen MR) is 85.7 cm³/mol. The van der Waals surface area contributed by atoms with Crippen molar-refractivity contribution in [2.75, 3.05) is 33.9 Å². The van der Waals surface area contributed by atoms with Crippen LogP contribution >= 0.6 is 0 Å². The first kappa shape index (κ1) is 16.7. The number of ether oxygens (including phenoxy) is 2. The van der Waals surface area contributed by atoms with E-state index in [1.165, 1.54) is 9.80 Å². The van der Waals surface area contributed by atoms with Crippen LogP contribution < -0.4 is 14.8 Å². The largest absolute Gasteiger partial charge is 0.493 e. The van der Waals surface area contributed by atoms with Gasteiger partial charge in [-0.1, -0.05) is 18.2 Å². The van der Waals surface area contributed by atoms with Gasteiger partial charge in [0.15, 0.2) is 11.5 Å². The maximum Gasteiger partial charge on any atom is 0.328 e. The van der Waals surface area contributed by atoms with Gasteiger partial charge in [0.2, 0.25) is 0 Å². The number of imide groups is 1. The fraction of sp³-hybridized carbons (Fsp3) is 0.375. The number of benzene rings is 1. The summed E-state index contributed by atoms with van der Waals surface area (Å²) in [6, 6.07) is 4.74. The first-order chi connectivity index (χ1) is 11.1. The number of carbonyl (C=O) groups excluding carboxylic acids is 2. The average molecular weight is 319 g/mol. The quantitative estimate of drug-likeness (QED) is 0.812. The number of urea groups is 2. The van der Waals surface area contributed by atoms with Crippen LogP contribution in [0.2, 0.25) is 0 Å². The lowest BCUT2D eigenvalue weighted by Gasteiger charge is -2.26. The molecule has 1 N–H and O–H groups in total. The molecule has 124 valence electrons. The summed E-state index contributed by atoms with van der Waals surface area (Å²) in [5.74, 6) is 1.16. The zero-order chi connectivity index (χ0) is 16.8. The van der Waals surface area contributed by atoms with Crippen LogP contribution in [0, 0.1) is 0 Å². The van der Waals surface area contributed by atoms with Gasteiger partial charge in [0, 0.05) is 25.2 Å². The molecule has 1 saturated heterocycles. The summed E-state index contributed by atoms with van der Waals surface area (Å²) in [6.07, 6.45) is 1.62. The van der Waals surface area contributed by atoms with Crippen molar-refractivity contribution >= 4 is 12.1 Å². The Hall–Kier alpha value is -2.70. The Morgan fingerprint density at radius 2 is 2.22 bits per heavy atom. The van der Waals surface area contributed by atoms with Crippen LogP contribution in [0.15, 0.2) is 30.9 Å². The van der Waals surface area contributed by atoms with Gasteiger partial charge in [-0.15, -0.1) is 6.58 Å². The Bertz CT molecular complexity index is 603. The molecule has 1 fully saturated rings. The molecule has 4 amide bonds. The lowest BCUT2D eigenvalue weighted by molar-refractivity contribution is 0.165. The molecule has 1 aromatic carbocycles. The Kier molecular flexibility index (Phi) is 5.46. The molecule has 0 radical (unpaired) electrons. The maximum atomic E-state index is 12.6. The Morgan fingerprint density at radius 1 is 1.43 bits per heavy atom. The van der Waals surface area contributed by atoms with Crippen LogP contribution in [0.25, 0.3) is 0 Å². The highest BCUT2D eigenvalue weighted by Crippen LogP contribution is 2.31.